The zero-order valence-electron chi connectivity index (χ0n) is 9.04. The maximum atomic E-state index is 2.56. The molecule has 0 spiro atoms. The van der Waals surface area contributed by atoms with Gasteiger partial charge in [-0.1, -0.05) is 0 Å². The molecule has 0 aromatic heterocycles. The quantitative estimate of drug-likeness (QED) is 0.400. The monoisotopic (exact) mass is 326 g/mol. The fourth-order valence-electron chi connectivity index (χ4n) is 2.39. The van der Waals surface area contributed by atoms with Crippen LogP contribution >= 0.6 is 11.9 Å². The summed E-state index contributed by atoms with van der Waals surface area (Å²) >= 11 is 2.46. The van der Waals surface area contributed by atoms with Crippen LogP contribution < -0.4 is 21.2 Å². The first kappa shape index (κ1) is 11.5. The molecule has 0 unspecified atom stereocenters. The maximum absolute atomic E-state index is 2.56. The zero-order chi connectivity index (χ0) is 9.80. The van der Waals surface area contributed by atoms with Crippen LogP contribution in [0.1, 0.15) is 38.5 Å². The molecule has 3 heteroatoms. The van der Waals surface area contributed by atoms with Crippen molar-refractivity contribution in [1.82, 2.24) is 4.31 Å². The summed E-state index contributed by atoms with van der Waals surface area (Å²) in [6.07, 6.45) is 11.5. The molecule has 1 aliphatic heterocycles. The second-order valence-electron chi connectivity index (χ2n) is 4.32. The van der Waals surface area contributed by atoms with E-state index in [0.717, 1.165) is 3.92 Å². The molecule has 0 bridgehead atoms. The predicted molar refractivity (Wildman–Crippen MR) is 60.4 cm³/mol. The van der Waals surface area contributed by atoms with E-state index in [1.807, 2.05) is 11.9 Å². The number of hydrogen-bond donors (Lipinski definition) is 0. The first-order chi connectivity index (χ1) is 6.88. The minimum atomic E-state index is 0.512. The summed E-state index contributed by atoms with van der Waals surface area (Å²) < 4.78 is 4.88. The molecule has 14 heavy (non-hydrogen) atoms. The second kappa shape index (κ2) is 5.94. The van der Waals surface area contributed by atoms with Crippen molar-refractivity contribution in [3.63, 3.8) is 0 Å². The molecular formula is C11H21INS-. The predicted octanol–water partition coefficient (Wildman–Crippen LogP) is -0.240. The van der Waals surface area contributed by atoms with Crippen LogP contribution in [0.3, 0.4) is 0 Å². The molecule has 2 aliphatic rings. The van der Waals surface area contributed by atoms with Crippen LogP contribution in [-0.2, 0) is 0 Å². The molecule has 2 fully saturated rings. The van der Waals surface area contributed by atoms with Gasteiger partial charge >= 0.3 is 103 Å². The summed E-state index contributed by atoms with van der Waals surface area (Å²) in [6.45, 7) is 2.77. The third kappa shape index (κ3) is 3.27. The molecule has 84 valence electrons. The van der Waals surface area contributed by atoms with Crippen molar-refractivity contribution in [2.75, 3.05) is 19.3 Å². The average molecular weight is 326 g/mol. The van der Waals surface area contributed by atoms with Gasteiger partial charge in [-0.25, -0.2) is 0 Å². The van der Waals surface area contributed by atoms with Crippen LogP contribution in [0.25, 0.3) is 0 Å². The Morgan fingerprint density at radius 1 is 1.07 bits per heavy atom. The first-order valence-electron chi connectivity index (χ1n) is 5.79. The Hall–Kier alpha value is 1.04. The average Bonchev–Trinajstić information content (AvgIpc) is 2.67. The summed E-state index contributed by atoms with van der Waals surface area (Å²) in [7, 11) is 0. The topological polar surface area (TPSA) is 3.24 Å². The van der Waals surface area contributed by atoms with Gasteiger partial charge < -0.3 is 0 Å². The van der Waals surface area contributed by atoms with E-state index in [-0.39, 0.29) is 0 Å². The molecule has 0 N–H and O–H groups in total. The van der Waals surface area contributed by atoms with Crippen molar-refractivity contribution in [2.45, 2.75) is 46.4 Å². The Bertz CT molecular complexity index is 171. The summed E-state index contributed by atoms with van der Waals surface area (Å²) in [5.74, 6) is 0. The Morgan fingerprint density at radius 3 is 2.50 bits per heavy atom. The number of alkyl halides is 2. The van der Waals surface area contributed by atoms with Crippen LogP contribution in [0.4, 0.5) is 0 Å². The van der Waals surface area contributed by atoms with Crippen LogP contribution in [0.15, 0.2) is 0 Å². The molecule has 0 aromatic rings. The summed E-state index contributed by atoms with van der Waals surface area (Å²) in [5, 5.41) is 0. The van der Waals surface area contributed by atoms with Gasteiger partial charge in [0.25, 0.3) is 0 Å². The van der Waals surface area contributed by atoms with Gasteiger partial charge in [0.2, 0.25) is 0 Å². The number of halogens is 1. The molecule has 1 aliphatic carbocycles. The van der Waals surface area contributed by atoms with Crippen LogP contribution in [0.5, 0.6) is 0 Å². The van der Waals surface area contributed by atoms with E-state index >= 15 is 0 Å². The zero-order valence-corrected chi connectivity index (χ0v) is 12.0. The minimum absolute atomic E-state index is 0.512. The van der Waals surface area contributed by atoms with E-state index in [0.29, 0.717) is 21.2 Å². The number of hydrogen-bond acceptors (Lipinski definition) is 2. The van der Waals surface area contributed by atoms with Gasteiger partial charge in [-0.3, -0.25) is 0 Å². The van der Waals surface area contributed by atoms with Gasteiger partial charge in [-0.2, -0.15) is 0 Å². The van der Waals surface area contributed by atoms with Crippen molar-refractivity contribution in [3.05, 3.63) is 0 Å². The van der Waals surface area contributed by atoms with E-state index in [2.05, 4.69) is 10.6 Å². The Balaban J connectivity index is 1.69. The van der Waals surface area contributed by atoms with Gasteiger partial charge in [-0.05, 0) is 0 Å². The molecule has 1 saturated heterocycles. The van der Waals surface area contributed by atoms with Gasteiger partial charge in [0.1, 0.15) is 0 Å². The normalized spacial score (nSPS) is 31.4. The second-order valence-corrected chi connectivity index (χ2v) is 9.44. The molecular weight excluding hydrogens is 305 g/mol. The van der Waals surface area contributed by atoms with Crippen LogP contribution in [0.2, 0.25) is 0 Å². The molecule has 0 radical (unpaired) electrons. The standard InChI is InChI=1S/C11H21INS/c1-14-13-8-7-11(9-13)12-10-5-3-2-4-6-10/h10-11H,2-9H2,1H3/q-1/t11-/m1/s1. The van der Waals surface area contributed by atoms with Crippen molar-refractivity contribution in [2.24, 2.45) is 0 Å². The van der Waals surface area contributed by atoms with Crippen molar-refractivity contribution < 1.29 is 21.2 Å². The molecule has 0 aromatic carbocycles. The van der Waals surface area contributed by atoms with E-state index in [1.54, 1.807) is 12.8 Å². The van der Waals surface area contributed by atoms with E-state index < -0.39 is 0 Å². The molecule has 1 saturated carbocycles. The van der Waals surface area contributed by atoms with Crippen molar-refractivity contribution >= 4 is 11.9 Å². The van der Waals surface area contributed by atoms with E-state index in [1.165, 1.54) is 42.7 Å². The molecule has 1 heterocycles. The third-order valence-electron chi connectivity index (χ3n) is 3.24. The van der Waals surface area contributed by atoms with E-state index in [4.69, 9.17) is 0 Å². The fourth-order valence-corrected chi connectivity index (χ4v) is 7.65. The Labute approximate surface area is 103 Å². The van der Waals surface area contributed by atoms with Crippen molar-refractivity contribution in [1.29, 1.82) is 0 Å². The van der Waals surface area contributed by atoms with Gasteiger partial charge in [0.05, 0.1) is 0 Å². The molecule has 1 nitrogen and oxygen atoms in total. The SMILES string of the molecule is CSN1CC[C@@H]([I-]C2CCCCC2)C1. The van der Waals surface area contributed by atoms with Gasteiger partial charge in [-0.15, -0.1) is 0 Å². The summed E-state index contributed by atoms with van der Waals surface area (Å²) in [6, 6.07) is 0. The van der Waals surface area contributed by atoms with Crippen LogP contribution in [0, 0.1) is 0 Å². The van der Waals surface area contributed by atoms with Crippen LogP contribution in [-0.4, -0.2) is 31.5 Å². The molecule has 2 rings (SSSR count). The van der Waals surface area contributed by atoms with Gasteiger partial charge in [0.15, 0.2) is 0 Å². The third-order valence-corrected chi connectivity index (χ3v) is 8.39. The fraction of sp³-hybridized carbons (Fsp3) is 1.00. The first-order valence-corrected chi connectivity index (χ1v) is 9.47. The van der Waals surface area contributed by atoms with Crippen molar-refractivity contribution in [3.8, 4) is 0 Å². The Kier molecular flexibility index (Phi) is 4.89. The van der Waals surface area contributed by atoms with E-state index in [9.17, 15) is 0 Å². The Morgan fingerprint density at radius 2 is 1.86 bits per heavy atom. The van der Waals surface area contributed by atoms with Gasteiger partial charge in [0, 0.05) is 0 Å². The molecule has 0 amide bonds. The number of nitrogens with zero attached hydrogens (tertiary/aromatic N) is 1. The molecule has 1 atom stereocenters. The number of rotatable bonds is 3. The summed E-state index contributed by atoms with van der Waals surface area (Å²) in [5.41, 5.74) is 0. The summed E-state index contributed by atoms with van der Waals surface area (Å²) in [4.78, 5) is 0.